The molecule has 1 amide bonds. The van der Waals surface area contributed by atoms with Crippen LogP contribution in [-0.4, -0.2) is 34.4 Å². The van der Waals surface area contributed by atoms with E-state index in [1.54, 1.807) is 6.92 Å². The fraction of sp³-hybridized carbons (Fsp3) is 0.652. The number of amides is 1. The van der Waals surface area contributed by atoms with Crippen LogP contribution in [0.1, 0.15) is 72.1 Å². The highest BCUT2D eigenvalue weighted by molar-refractivity contribution is 7.99. The Morgan fingerprint density at radius 1 is 1.16 bits per heavy atom. The summed E-state index contributed by atoms with van der Waals surface area (Å²) in [7, 11) is 0. The Balaban J connectivity index is 1.22. The molecule has 6 rings (SSSR count). The molecule has 0 aliphatic heterocycles. The van der Waals surface area contributed by atoms with E-state index in [9.17, 15) is 9.59 Å². The van der Waals surface area contributed by atoms with Gasteiger partial charge in [-0.15, -0.1) is 21.5 Å². The monoisotopic (exact) mass is 475 g/mol. The van der Waals surface area contributed by atoms with Gasteiger partial charge in [-0.25, -0.2) is 4.79 Å². The molecule has 0 saturated heterocycles. The minimum absolute atomic E-state index is 0.0589. The first-order valence-electron chi connectivity index (χ1n) is 11.4. The third kappa shape index (κ3) is 3.98. The molecule has 0 unspecified atom stereocenters. The van der Waals surface area contributed by atoms with Crippen LogP contribution in [0, 0.1) is 31.6 Å². The van der Waals surface area contributed by atoms with Gasteiger partial charge in [0.25, 0.3) is 5.22 Å². The first-order valence-corrected chi connectivity index (χ1v) is 13.2. The standard InChI is InChI=1S/C23H29N3O4S2/c1-4-29-20(28)18-12(2)13(3)32-19(18)24-17(27)11-31-22-26-25-21(30-22)23-8-14-5-15(9-23)7-16(6-14)10-23/h14-16H,4-11H2,1-3H3,(H,24,27). The largest absolute Gasteiger partial charge is 0.462 e. The molecule has 0 radical (unpaired) electrons. The smallest absolute Gasteiger partial charge is 0.341 e. The molecule has 0 aromatic carbocycles. The number of aromatic nitrogens is 2. The van der Waals surface area contributed by atoms with Crippen molar-refractivity contribution in [2.45, 2.75) is 69.9 Å². The van der Waals surface area contributed by atoms with Crippen LogP contribution in [0.3, 0.4) is 0 Å². The molecule has 7 nitrogen and oxygen atoms in total. The van der Waals surface area contributed by atoms with Gasteiger partial charge in [0.2, 0.25) is 11.8 Å². The molecular formula is C23H29N3O4S2. The lowest BCUT2D eigenvalue weighted by atomic mass is 9.49. The van der Waals surface area contributed by atoms with Crippen LogP contribution in [0.4, 0.5) is 5.00 Å². The average molecular weight is 476 g/mol. The third-order valence-electron chi connectivity index (χ3n) is 7.34. The van der Waals surface area contributed by atoms with E-state index >= 15 is 0 Å². The van der Waals surface area contributed by atoms with Crippen LogP contribution in [0.2, 0.25) is 0 Å². The number of aryl methyl sites for hydroxylation is 1. The number of hydrogen-bond acceptors (Lipinski definition) is 8. The van der Waals surface area contributed by atoms with Gasteiger partial charge in [0.15, 0.2) is 0 Å². The van der Waals surface area contributed by atoms with E-state index in [0.29, 0.717) is 22.4 Å². The van der Waals surface area contributed by atoms with Crippen LogP contribution in [0.5, 0.6) is 0 Å². The van der Waals surface area contributed by atoms with Gasteiger partial charge in [0.05, 0.1) is 17.9 Å². The van der Waals surface area contributed by atoms with Gasteiger partial charge in [-0.3, -0.25) is 4.79 Å². The highest BCUT2D eigenvalue weighted by atomic mass is 32.2. The third-order valence-corrected chi connectivity index (χ3v) is 9.28. The second-order valence-corrected chi connectivity index (χ2v) is 11.8. The van der Waals surface area contributed by atoms with E-state index in [1.807, 2.05) is 13.8 Å². The van der Waals surface area contributed by atoms with Crippen molar-refractivity contribution in [3.05, 3.63) is 21.9 Å². The lowest BCUT2D eigenvalue weighted by Crippen LogP contribution is -2.48. The van der Waals surface area contributed by atoms with Crippen LogP contribution in [0.15, 0.2) is 9.64 Å². The van der Waals surface area contributed by atoms with Crippen molar-refractivity contribution >= 4 is 40.0 Å². The Morgan fingerprint density at radius 3 is 2.44 bits per heavy atom. The van der Waals surface area contributed by atoms with E-state index in [4.69, 9.17) is 9.15 Å². The van der Waals surface area contributed by atoms with Crippen LogP contribution < -0.4 is 5.32 Å². The Kier molecular flexibility index (Phi) is 5.82. The number of thiophene rings is 1. The van der Waals surface area contributed by atoms with Crippen LogP contribution in [0.25, 0.3) is 0 Å². The van der Waals surface area contributed by atoms with Crippen molar-refractivity contribution in [1.29, 1.82) is 0 Å². The summed E-state index contributed by atoms with van der Waals surface area (Å²) in [6, 6.07) is 0. The fourth-order valence-electron chi connectivity index (χ4n) is 6.31. The zero-order valence-electron chi connectivity index (χ0n) is 18.7. The van der Waals surface area contributed by atoms with Gasteiger partial charge in [0, 0.05) is 10.3 Å². The topological polar surface area (TPSA) is 94.3 Å². The van der Waals surface area contributed by atoms with Crippen molar-refractivity contribution in [2.24, 2.45) is 17.8 Å². The molecule has 0 atom stereocenters. The van der Waals surface area contributed by atoms with Crippen molar-refractivity contribution < 1.29 is 18.7 Å². The number of anilines is 1. The van der Waals surface area contributed by atoms with E-state index in [0.717, 1.165) is 34.1 Å². The summed E-state index contributed by atoms with van der Waals surface area (Å²) in [5.41, 5.74) is 1.34. The number of ether oxygens (including phenoxy) is 1. The molecule has 2 heterocycles. The molecule has 172 valence electrons. The Morgan fingerprint density at radius 2 is 1.81 bits per heavy atom. The number of nitrogens with zero attached hydrogens (tertiary/aromatic N) is 2. The van der Waals surface area contributed by atoms with Crippen molar-refractivity contribution in [2.75, 3.05) is 17.7 Å². The molecule has 4 aliphatic rings. The molecule has 4 fully saturated rings. The SMILES string of the molecule is CCOC(=O)c1c(NC(=O)CSc2nnc(C34CC5CC(CC(C5)C3)C4)o2)sc(C)c1C. The van der Waals surface area contributed by atoms with Gasteiger partial charge in [-0.2, -0.15) is 0 Å². The zero-order chi connectivity index (χ0) is 22.5. The quantitative estimate of drug-likeness (QED) is 0.438. The second kappa shape index (κ2) is 8.48. The molecule has 4 aliphatic carbocycles. The normalized spacial score (nSPS) is 28.2. The van der Waals surface area contributed by atoms with Crippen LogP contribution >= 0.6 is 23.1 Å². The predicted octanol–water partition coefficient (Wildman–Crippen LogP) is 5.12. The summed E-state index contributed by atoms with van der Waals surface area (Å²) in [5, 5.41) is 12.5. The number of carbonyl (C=O) groups excluding carboxylic acids is 2. The maximum absolute atomic E-state index is 12.6. The Hall–Kier alpha value is -1.87. The predicted molar refractivity (Wildman–Crippen MR) is 123 cm³/mol. The number of rotatable bonds is 7. The molecule has 1 N–H and O–H groups in total. The fourth-order valence-corrected chi connectivity index (χ4v) is 7.94. The first kappa shape index (κ1) is 21.9. The number of hydrogen-bond donors (Lipinski definition) is 1. The number of esters is 1. The van der Waals surface area contributed by atoms with E-state index < -0.39 is 5.97 Å². The summed E-state index contributed by atoms with van der Waals surface area (Å²) in [6.45, 7) is 5.85. The molecule has 32 heavy (non-hydrogen) atoms. The minimum Gasteiger partial charge on any atom is -0.462 e. The lowest BCUT2D eigenvalue weighted by molar-refractivity contribution is -0.113. The minimum atomic E-state index is -0.408. The molecule has 9 heteroatoms. The summed E-state index contributed by atoms with van der Waals surface area (Å²) in [5.74, 6) is 2.71. The van der Waals surface area contributed by atoms with E-state index in [-0.39, 0.29) is 17.1 Å². The second-order valence-electron chi connectivity index (χ2n) is 9.62. The van der Waals surface area contributed by atoms with Crippen LogP contribution in [-0.2, 0) is 14.9 Å². The van der Waals surface area contributed by atoms with E-state index in [1.165, 1.54) is 61.6 Å². The molecule has 4 bridgehead atoms. The number of nitrogens with one attached hydrogen (secondary N) is 1. The zero-order valence-corrected chi connectivity index (χ0v) is 20.4. The van der Waals surface area contributed by atoms with Gasteiger partial charge in [0.1, 0.15) is 5.00 Å². The summed E-state index contributed by atoms with van der Waals surface area (Å²) >= 11 is 2.63. The first-order chi connectivity index (χ1) is 15.4. The highest BCUT2D eigenvalue weighted by Gasteiger charge is 2.54. The molecule has 2 aromatic rings. The van der Waals surface area contributed by atoms with Crippen molar-refractivity contribution in [3.63, 3.8) is 0 Å². The summed E-state index contributed by atoms with van der Waals surface area (Å²) < 4.78 is 11.2. The maximum Gasteiger partial charge on any atom is 0.341 e. The maximum atomic E-state index is 12.6. The van der Waals surface area contributed by atoms with Gasteiger partial charge < -0.3 is 14.5 Å². The Labute approximate surface area is 196 Å². The van der Waals surface area contributed by atoms with Gasteiger partial charge >= 0.3 is 5.97 Å². The highest BCUT2D eigenvalue weighted by Crippen LogP contribution is 2.60. The molecular weight excluding hydrogens is 446 g/mol. The molecule has 4 saturated carbocycles. The van der Waals surface area contributed by atoms with E-state index in [2.05, 4.69) is 15.5 Å². The van der Waals surface area contributed by atoms with Gasteiger partial charge in [-0.05, 0) is 82.6 Å². The summed E-state index contributed by atoms with van der Waals surface area (Å²) in [6.07, 6.45) is 7.60. The number of carbonyl (C=O) groups is 2. The molecule has 0 spiro atoms. The van der Waals surface area contributed by atoms with Gasteiger partial charge in [-0.1, -0.05) is 11.8 Å². The lowest BCUT2D eigenvalue weighted by Gasteiger charge is -2.55. The summed E-state index contributed by atoms with van der Waals surface area (Å²) in [4.78, 5) is 25.9. The van der Waals surface area contributed by atoms with Crippen molar-refractivity contribution in [3.8, 4) is 0 Å². The van der Waals surface area contributed by atoms with Crippen molar-refractivity contribution in [1.82, 2.24) is 10.2 Å². The molecule has 2 aromatic heterocycles. The Bertz CT molecular complexity index is 1010. The number of thioether (sulfide) groups is 1. The average Bonchev–Trinajstić information content (AvgIpc) is 3.31.